The average molecular weight is 272 g/mol. The van der Waals surface area contributed by atoms with Gasteiger partial charge in [0, 0.05) is 26.4 Å². The van der Waals surface area contributed by atoms with E-state index in [1.807, 2.05) is 13.8 Å². The molecule has 4 heteroatoms. The fourth-order valence-electron chi connectivity index (χ4n) is 5.48. The molecule has 2 aliphatic carbocycles. The second kappa shape index (κ2) is 4.69. The highest BCUT2D eigenvalue weighted by Crippen LogP contribution is 2.64. The van der Waals surface area contributed by atoms with Crippen molar-refractivity contribution in [1.82, 2.24) is 0 Å². The summed E-state index contributed by atoms with van der Waals surface area (Å²) in [7, 11) is 0. The molecule has 0 aromatic carbocycles. The highest BCUT2D eigenvalue weighted by molar-refractivity contribution is 5.09. The van der Waals surface area contributed by atoms with E-state index in [9.17, 15) is 20.4 Å². The average Bonchev–Trinajstić information content (AvgIpc) is 2.37. The van der Waals surface area contributed by atoms with E-state index in [1.165, 1.54) is 0 Å². The van der Waals surface area contributed by atoms with Gasteiger partial charge in [-0.05, 0) is 53.8 Å². The van der Waals surface area contributed by atoms with Crippen LogP contribution in [-0.2, 0) is 0 Å². The van der Waals surface area contributed by atoms with E-state index in [0.29, 0.717) is 0 Å². The van der Waals surface area contributed by atoms with E-state index in [4.69, 9.17) is 0 Å². The maximum atomic E-state index is 9.91. The fraction of sp³-hybridized carbons (Fsp3) is 1.00. The van der Waals surface area contributed by atoms with Crippen LogP contribution in [0.4, 0.5) is 0 Å². The quantitative estimate of drug-likeness (QED) is 0.613. The highest BCUT2D eigenvalue weighted by atomic mass is 16.3. The second-order valence-electron chi connectivity index (χ2n) is 8.14. The summed E-state index contributed by atoms with van der Waals surface area (Å²) in [5.74, 6) is 0. The zero-order valence-electron chi connectivity index (χ0n) is 12.2. The van der Waals surface area contributed by atoms with Gasteiger partial charge in [0.1, 0.15) is 0 Å². The van der Waals surface area contributed by atoms with Crippen molar-refractivity contribution in [2.24, 2.45) is 21.7 Å². The Labute approximate surface area is 115 Å². The molecule has 112 valence electrons. The number of hydrogen-bond donors (Lipinski definition) is 4. The van der Waals surface area contributed by atoms with Gasteiger partial charge in [0.25, 0.3) is 0 Å². The van der Waals surface area contributed by atoms with Crippen molar-refractivity contribution in [2.75, 3.05) is 26.4 Å². The molecule has 2 aliphatic rings. The van der Waals surface area contributed by atoms with Crippen LogP contribution < -0.4 is 0 Å². The zero-order valence-corrected chi connectivity index (χ0v) is 12.2. The van der Waals surface area contributed by atoms with Crippen molar-refractivity contribution in [2.45, 2.75) is 46.0 Å². The Kier molecular flexibility index (Phi) is 3.76. The summed E-state index contributed by atoms with van der Waals surface area (Å²) in [6.07, 6.45) is 3.88. The SMILES string of the molecule is CC1(CO)CC2(CO)CC(C)(CO)CC(CO)(C1)C2. The predicted octanol–water partition coefficient (Wildman–Crippen LogP) is 0.919. The zero-order chi connectivity index (χ0) is 14.4. The first-order valence-electron chi connectivity index (χ1n) is 7.21. The van der Waals surface area contributed by atoms with Crippen LogP contribution in [0.3, 0.4) is 0 Å². The van der Waals surface area contributed by atoms with Gasteiger partial charge in [-0.15, -0.1) is 0 Å². The van der Waals surface area contributed by atoms with Crippen LogP contribution in [0.15, 0.2) is 0 Å². The Balaban J connectivity index is 2.40. The lowest BCUT2D eigenvalue weighted by atomic mass is 9.44. The number of aliphatic hydroxyl groups is 4. The Morgan fingerprint density at radius 3 is 1.11 bits per heavy atom. The Morgan fingerprint density at radius 2 is 0.895 bits per heavy atom. The van der Waals surface area contributed by atoms with E-state index >= 15 is 0 Å². The molecule has 0 aromatic heterocycles. The van der Waals surface area contributed by atoms with Crippen molar-refractivity contribution < 1.29 is 20.4 Å². The largest absolute Gasteiger partial charge is 0.396 e. The van der Waals surface area contributed by atoms with Crippen LogP contribution in [0.5, 0.6) is 0 Å². The van der Waals surface area contributed by atoms with Gasteiger partial charge in [-0.3, -0.25) is 0 Å². The first-order chi connectivity index (χ1) is 8.78. The van der Waals surface area contributed by atoms with Gasteiger partial charge in [-0.1, -0.05) is 13.8 Å². The van der Waals surface area contributed by atoms with Crippen molar-refractivity contribution >= 4 is 0 Å². The molecule has 0 aliphatic heterocycles. The van der Waals surface area contributed by atoms with Gasteiger partial charge >= 0.3 is 0 Å². The van der Waals surface area contributed by atoms with Crippen LogP contribution in [0, 0.1) is 21.7 Å². The minimum absolute atomic E-state index is 0.0694. The molecule has 4 nitrogen and oxygen atoms in total. The number of aliphatic hydroxyl groups excluding tert-OH is 4. The maximum absolute atomic E-state index is 9.91. The van der Waals surface area contributed by atoms with Crippen molar-refractivity contribution in [3.8, 4) is 0 Å². The fourth-order valence-corrected chi connectivity index (χ4v) is 5.48. The summed E-state index contributed by atoms with van der Waals surface area (Å²) < 4.78 is 0. The van der Waals surface area contributed by atoms with Crippen LogP contribution in [-0.4, -0.2) is 46.9 Å². The molecule has 0 aromatic rings. The van der Waals surface area contributed by atoms with Crippen molar-refractivity contribution in [3.05, 3.63) is 0 Å². The van der Waals surface area contributed by atoms with Crippen LogP contribution in [0.2, 0.25) is 0 Å². The smallest absolute Gasteiger partial charge is 0.0488 e. The lowest BCUT2D eigenvalue weighted by Gasteiger charge is -2.61. The molecule has 0 heterocycles. The van der Waals surface area contributed by atoms with Gasteiger partial charge in [0.15, 0.2) is 0 Å². The maximum Gasteiger partial charge on any atom is 0.0488 e. The Hall–Kier alpha value is -0.160. The summed E-state index contributed by atoms with van der Waals surface area (Å²) in [5, 5.41) is 39.2. The Morgan fingerprint density at radius 1 is 0.579 bits per heavy atom. The first-order valence-corrected chi connectivity index (χ1v) is 7.21. The lowest BCUT2D eigenvalue weighted by molar-refractivity contribution is -0.168. The summed E-state index contributed by atoms with van der Waals surface area (Å²) in [4.78, 5) is 0. The van der Waals surface area contributed by atoms with E-state index in [1.54, 1.807) is 0 Å². The molecular formula is C15H28O4. The van der Waals surface area contributed by atoms with Crippen LogP contribution >= 0.6 is 0 Å². The lowest BCUT2D eigenvalue weighted by Crippen LogP contribution is -2.57. The summed E-state index contributed by atoms with van der Waals surface area (Å²) >= 11 is 0. The van der Waals surface area contributed by atoms with Gasteiger partial charge in [0.05, 0.1) is 0 Å². The third-order valence-corrected chi connectivity index (χ3v) is 5.39. The van der Waals surface area contributed by atoms with E-state index < -0.39 is 0 Å². The van der Waals surface area contributed by atoms with E-state index in [2.05, 4.69) is 0 Å². The third-order valence-electron chi connectivity index (χ3n) is 5.39. The van der Waals surface area contributed by atoms with Gasteiger partial charge in [0.2, 0.25) is 0 Å². The molecule has 0 amide bonds. The van der Waals surface area contributed by atoms with Crippen molar-refractivity contribution in [1.29, 1.82) is 0 Å². The number of rotatable bonds is 4. The van der Waals surface area contributed by atoms with E-state index in [0.717, 1.165) is 32.1 Å². The Bertz CT molecular complexity index is 284. The predicted molar refractivity (Wildman–Crippen MR) is 72.5 cm³/mol. The minimum Gasteiger partial charge on any atom is -0.396 e. The second-order valence-corrected chi connectivity index (χ2v) is 8.14. The molecular weight excluding hydrogens is 244 g/mol. The monoisotopic (exact) mass is 272 g/mol. The molecule has 19 heavy (non-hydrogen) atoms. The number of hydrogen-bond acceptors (Lipinski definition) is 4. The molecule has 0 unspecified atom stereocenters. The third kappa shape index (κ3) is 2.56. The molecule has 0 spiro atoms. The molecule has 4 N–H and O–H groups in total. The topological polar surface area (TPSA) is 80.9 Å². The summed E-state index contributed by atoms with van der Waals surface area (Å²) in [6, 6.07) is 0. The normalized spacial score (nSPS) is 50.2. The highest BCUT2D eigenvalue weighted by Gasteiger charge is 2.59. The molecule has 0 radical (unpaired) electrons. The van der Waals surface area contributed by atoms with E-state index in [-0.39, 0.29) is 48.1 Å². The molecule has 2 fully saturated rings. The summed E-state index contributed by atoms with van der Waals surface area (Å²) in [6.45, 7) is 4.41. The first kappa shape index (κ1) is 15.2. The molecule has 2 rings (SSSR count). The molecule has 0 atom stereocenters. The molecule has 2 bridgehead atoms. The standard InChI is InChI=1S/C15H28O4/c1-12(8-16)3-14(10-18)5-13(2,9-17)6-15(4-12,7-14)11-19/h16-19H,3-11H2,1-2H3. The van der Waals surface area contributed by atoms with Gasteiger partial charge in [-0.25, -0.2) is 0 Å². The molecule has 2 saturated carbocycles. The number of fused-ring (bicyclic) bond motifs is 2. The minimum atomic E-state index is -0.270. The van der Waals surface area contributed by atoms with Gasteiger partial charge in [-0.2, -0.15) is 0 Å². The van der Waals surface area contributed by atoms with Crippen LogP contribution in [0.25, 0.3) is 0 Å². The summed E-state index contributed by atoms with van der Waals surface area (Å²) in [5.41, 5.74) is -1.01. The van der Waals surface area contributed by atoms with Crippen LogP contribution in [0.1, 0.15) is 46.0 Å². The van der Waals surface area contributed by atoms with Crippen molar-refractivity contribution in [3.63, 3.8) is 0 Å². The molecule has 0 saturated heterocycles. The van der Waals surface area contributed by atoms with Gasteiger partial charge < -0.3 is 20.4 Å².